The maximum Gasteiger partial charge on any atom is 0.0587 e. The van der Waals surface area contributed by atoms with Crippen LogP contribution in [0, 0.1) is 11.3 Å². The van der Waals surface area contributed by atoms with Crippen LogP contribution >= 0.6 is 0 Å². The lowest BCUT2D eigenvalue weighted by molar-refractivity contribution is 0.156. The largest absolute Gasteiger partial charge is 0.385 e. The van der Waals surface area contributed by atoms with Crippen LogP contribution in [0.25, 0.3) is 0 Å². The lowest BCUT2D eigenvalue weighted by Crippen LogP contribution is -2.33. The summed E-state index contributed by atoms with van der Waals surface area (Å²) in [5, 5.41) is 3.45. The Balaban J connectivity index is 3.82. The van der Waals surface area contributed by atoms with Gasteiger partial charge in [0.25, 0.3) is 0 Å². The highest BCUT2D eigenvalue weighted by Gasteiger charge is 2.23. The summed E-state index contributed by atoms with van der Waals surface area (Å²) in [4.78, 5) is 0. The number of hydrogen-bond donors (Lipinski definition) is 1. The predicted octanol–water partition coefficient (Wildman–Crippen LogP) is 2.31. The van der Waals surface area contributed by atoms with Crippen LogP contribution in [-0.4, -0.2) is 40.5 Å². The highest BCUT2D eigenvalue weighted by Crippen LogP contribution is 2.29. The molecule has 0 aromatic heterocycles. The zero-order valence-corrected chi connectivity index (χ0v) is 11.6. The number of hydrogen-bond acceptors (Lipinski definition) is 3. The first-order valence-corrected chi connectivity index (χ1v) is 6.21. The molecule has 0 radical (unpaired) electrons. The molecule has 98 valence electrons. The van der Waals surface area contributed by atoms with Gasteiger partial charge in [-0.3, -0.25) is 0 Å². The van der Waals surface area contributed by atoms with E-state index in [0.717, 1.165) is 32.7 Å². The van der Waals surface area contributed by atoms with Crippen LogP contribution in [0.5, 0.6) is 0 Å². The number of rotatable bonds is 9. The normalized spacial score (nSPS) is 14.1. The van der Waals surface area contributed by atoms with Crippen molar-refractivity contribution in [1.29, 1.82) is 0 Å². The van der Waals surface area contributed by atoms with E-state index in [1.807, 2.05) is 0 Å². The van der Waals surface area contributed by atoms with Crippen LogP contribution in [0.3, 0.4) is 0 Å². The molecule has 0 saturated heterocycles. The van der Waals surface area contributed by atoms with E-state index in [2.05, 4.69) is 26.1 Å². The molecule has 0 aliphatic rings. The molecule has 0 fully saturated rings. The Bertz CT molecular complexity index is 155. The Kier molecular flexibility index (Phi) is 8.90. The van der Waals surface area contributed by atoms with E-state index in [1.165, 1.54) is 6.42 Å². The molecule has 0 aliphatic carbocycles. The van der Waals surface area contributed by atoms with E-state index in [0.29, 0.717) is 11.3 Å². The van der Waals surface area contributed by atoms with E-state index < -0.39 is 0 Å². The highest BCUT2D eigenvalue weighted by atomic mass is 16.5. The van der Waals surface area contributed by atoms with Gasteiger partial charge < -0.3 is 14.8 Å². The van der Waals surface area contributed by atoms with Gasteiger partial charge in [0.2, 0.25) is 0 Å². The fourth-order valence-corrected chi connectivity index (χ4v) is 1.77. The molecule has 0 aromatic carbocycles. The van der Waals surface area contributed by atoms with Crippen molar-refractivity contribution in [2.75, 3.05) is 40.5 Å². The Morgan fingerprint density at radius 3 is 2.19 bits per heavy atom. The minimum Gasteiger partial charge on any atom is -0.385 e. The summed E-state index contributed by atoms with van der Waals surface area (Å²) in [6, 6.07) is 0. The van der Waals surface area contributed by atoms with Gasteiger partial charge in [-0.25, -0.2) is 0 Å². The van der Waals surface area contributed by atoms with Crippen LogP contribution in [0.1, 0.15) is 33.6 Å². The van der Waals surface area contributed by atoms with Crippen molar-refractivity contribution >= 4 is 0 Å². The third-order valence-electron chi connectivity index (χ3n) is 3.00. The number of nitrogens with one attached hydrogen (secondary N) is 1. The first-order valence-electron chi connectivity index (χ1n) is 6.21. The third-order valence-corrected chi connectivity index (χ3v) is 3.00. The van der Waals surface area contributed by atoms with Gasteiger partial charge in [-0.1, -0.05) is 20.8 Å². The molecule has 0 aliphatic heterocycles. The summed E-state index contributed by atoms with van der Waals surface area (Å²) in [5.41, 5.74) is 0.355. The minimum absolute atomic E-state index is 0.355. The molecule has 1 unspecified atom stereocenters. The molecular weight excluding hydrogens is 202 g/mol. The minimum atomic E-state index is 0.355. The molecule has 3 nitrogen and oxygen atoms in total. The fraction of sp³-hybridized carbons (Fsp3) is 1.00. The average Bonchev–Trinajstić information content (AvgIpc) is 2.20. The zero-order valence-electron chi connectivity index (χ0n) is 11.6. The quantitative estimate of drug-likeness (QED) is 0.618. The number of methoxy groups -OCH3 is 2. The second kappa shape index (κ2) is 8.97. The summed E-state index contributed by atoms with van der Waals surface area (Å²) in [6.07, 6.45) is 2.36. The molecule has 1 N–H and O–H groups in total. The van der Waals surface area contributed by atoms with Gasteiger partial charge in [0.1, 0.15) is 0 Å². The van der Waals surface area contributed by atoms with Crippen molar-refractivity contribution in [1.82, 2.24) is 5.32 Å². The lowest BCUT2D eigenvalue weighted by atomic mass is 9.78. The summed E-state index contributed by atoms with van der Waals surface area (Å²) in [6.45, 7) is 10.6. The van der Waals surface area contributed by atoms with Gasteiger partial charge in [0, 0.05) is 27.4 Å². The summed E-state index contributed by atoms with van der Waals surface area (Å²) in [5.74, 6) is 0.694. The van der Waals surface area contributed by atoms with Crippen LogP contribution in [0.15, 0.2) is 0 Å². The lowest BCUT2D eigenvalue weighted by Gasteiger charge is -2.31. The topological polar surface area (TPSA) is 30.5 Å². The zero-order chi connectivity index (χ0) is 12.4. The van der Waals surface area contributed by atoms with Crippen molar-refractivity contribution in [3.05, 3.63) is 0 Å². The molecule has 0 amide bonds. The Labute approximate surface area is 101 Å². The molecule has 1 atom stereocenters. The van der Waals surface area contributed by atoms with Gasteiger partial charge >= 0.3 is 0 Å². The fourth-order valence-electron chi connectivity index (χ4n) is 1.77. The summed E-state index contributed by atoms with van der Waals surface area (Å²) in [7, 11) is 3.50. The first-order chi connectivity index (χ1) is 7.52. The van der Waals surface area contributed by atoms with Crippen LogP contribution in [0.4, 0.5) is 0 Å². The van der Waals surface area contributed by atoms with E-state index in [9.17, 15) is 0 Å². The maximum atomic E-state index is 5.11. The third kappa shape index (κ3) is 8.08. The van der Waals surface area contributed by atoms with Gasteiger partial charge in [-0.2, -0.15) is 0 Å². The molecule has 0 aromatic rings. The van der Waals surface area contributed by atoms with Crippen LogP contribution in [-0.2, 0) is 9.47 Å². The molecule has 3 heteroatoms. The maximum absolute atomic E-state index is 5.11. The Hall–Kier alpha value is -0.120. The van der Waals surface area contributed by atoms with Crippen molar-refractivity contribution in [3.8, 4) is 0 Å². The van der Waals surface area contributed by atoms with E-state index in [-0.39, 0.29) is 0 Å². The van der Waals surface area contributed by atoms with E-state index in [4.69, 9.17) is 9.47 Å². The standard InChI is InChI=1S/C13H29NO2/c1-13(2,3)12(7-6-9-15-4)11-14-8-10-16-5/h12,14H,6-11H2,1-5H3. The summed E-state index contributed by atoms with van der Waals surface area (Å²) < 4.78 is 10.1. The second-order valence-electron chi connectivity index (χ2n) is 5.39. The Morgan fingerprint density at radius 1 is 1.06 bits per heavy atom. The molecule has 0 rings (SSSR count). The first kappa shape index (κ1) is 15.9. The predicted molar refractivity (Wildman–Crippen MR) is 68.8 cm³/mol. The van der Waals surface area contributed by atoms with Gasteiger partial charge in [0.15, 0.2) is 0 Å². The van der Waals surface area contributed by atoms with Gasteiger partial charge in [-0.15, -0.1) is 0 Å². The van der Waals surface area contributed by atoms with E-state index in [1.54, 1.807) is 14.2 Å². The highest BCUT2D eigenvalue weighted by molar-refractivity contribution is 4.76. The molecule has 16 heavy (non-hydrogen) atoms. The molecule has 0 saturated carbocycles. The number of ether oxygens (including phenoxy) is 2. The average molecular weight is 231 g/mol. The second-order valence-corrected chi connectivity index (χ2v) is 5.39. The molecule has 0 spiro atoms. The summed E-state index contributed by atoms with van der Waals surface area (Å²) >= 11 is 0. The van der Waals surface area contributed by atoms with Crippen molar-refractivity contribution in [3.63, 3.8) is 0 Å². The van der Waals surface area contributed by atoms with E-state index >= 15 is 0 Å². The smallest absolute Gasteiger partial charge is 0.0587 e. The monoisotopic (exact) mass is 231 g/mol. The Morgan fingerprint density at radius 2 is 1.69 bits per heavy atom. The van der Waals surface area contributed by atoms with Crippen LogP contribution in [0.2, 0.25) is 0 Å². The van der Waals surface area contributed by atoms with Crippen LogP contribution < -0.4 is 5.32 Å². The SMILES string of the molecule is COCCCC(CNCCOC)C(C)(C)C. The van der Waals surface area contributed by atoms with Crippen molar-refractivity contribution < 1.29 is 9.47 Å². The molecule has 0 heterocycles. The van der Waals surface area contributed by atoms with Gasteiger partial charge in [-0.05, 0) is 30.7 Å². The molecule has 0 bridgehead atoms. The molecular formula is C13H29NO2. The van der Waals surface area contributed by atoms with Crippen molar-refractivity contribution in [2.24, 2.45) is 11.3 Å². The van der Waals surface area contributed by atoms with Gasteiger partial charge in [0.05, 0.1) is 6.61 Å². The van der Waals surface area contributed by atoms with Crippen molar-refractivity contribution in [2.45, 2.75) is 33.6 Å².